The highest BCUT2D eigenvalue weighted by atomic mass is 32.1. The van der Waals surface area contributed by atoms with Crippen LogP contribution in [-0.2, 0) is 9.47 Å². The molecule has 2 heterocycles. The third kappa shape index (κ3) is 3.14. The zero-order valence-corrected chi connectivity index (χ0v) is 13.4. The maximum absolute atomic E-state index is 12.3. The molecule has 0 fully saturated rings. The van der Waals surface area contributed by atoms with Crippen molar-refractivity contribution in [2.45, 2.75) is 26.4 Å². The largest absolute Gasteiger partial charge is 0.504 e. The van der Waals surface area contributed by atoms with E-state index in [0.29, 0.717) is 4.88 Å². The Morgan fingerprint density at radius 2 is 1.91 bits per heavy atom. The molecule has 0 aliphatic rings. The van der Waals surface area contributed by atoms with Crippen molar-refractivity contribution < 1.29 is 28.6 Å². The molecule has 0 unspecified atom stereocenters. The molecule has 2 rings (SSSR count). The molecule has 0 aliphatic carbocycles. The van der Waals surface area contributed by atoms with E-state index in [2.05, 4.69) is 4.74 Å². The number of carbonyl (C=O) groups excluding carboxylic acids is 2. The van der Waals surface area contributed by atoms with Gasteiger partial charge in [-0.2, -0.15) is 0 Å². The van der Waals surface area contributed by atoms with Gasteiger partial charge in [-0.25, -0.2) is 9.59 Å². The number of esters is 2. The van der Waals surface area contributed by atoms with Gasteiger partial charge in [0.2, 0.25) is 5.76 Å². The number of furan rings is 1. The summed E-state index contributed by atoms with van der Waals surface area (Å²) in [5, 5.41) is 12.0. The number of methoxy groups -OCH3 is 1. The molecule has 2 aromatic heterocycles. The summed E-state index contributed by atoms with van der Waals surface area (Å²) in [6, 6.07) is 3.45. The number of carbonyl (C=O) groups is 2. The molecule has 6 nitrogen and oxygen atoms in total. The van der Waals surface area contributed by atoms with Crippen LogP contribution in [0.5, 0.6) is 5.75 Å². The van der Waals surface area contributed by atoms with E-state index in [1.165, 1.54) is 11.3 Å². The van der Waals surface area contributed by atoms with Gasteiger partial charge < -0.3 is 19.0 Å². The first kappa shape index (κ1) is 16.1. The van der Waals surface area contributed by atoms with E-state index in [1.54, 1.807) is 38.3 Å². The van der Waals surface area contributed by atoms with Crippen molar-refractivity contribution in [1.29, 1.82) is 0 Å². The fraction of sp³-hybridized carbons (Fsp3) is 0.333. The fourth-order valence-corrected chi connectivity index (χ4v) is 2.54. The van der Waals surface area contributed by atoms with E-state index in [1.807, 2.05) is 0 Å². The first-order valence-electron chi connectivity index (χ1n) is 6.46. The first-order valence-corrected chi connectivity index (χ1v) is 7.34. The van der Waals surface area contributed by atoms with Gasteiger partial charge in [-0.1, -0.05) is 6.07 Å². The van der Waals surface area contributed by atoms with Gasteiger partial charge in [-0.15, -0.1) is 11.3 Å². The number of ether oxygens (including phenoxy) is 2. The Morgan fingerprint density at radius 3 is 2.41 bits per heavy atom. The summed E-state index contributed by atoms with van der Waals surface area (Å²) in [6.07, 6.45) is 0. The summed E-state index contributed by atoms with van der Waals surface area (Å²) in [6.45, 7) is 5.12. The average molecular weight is 324 g/mol. The minimum absolute atomic E-state index is 0.129. The maximum atomic E-state index is 12.3. The lowest BCUT2D eigenvalue weighted by molar-refractivity contribution is 0.00354. The van der Waals surface area contributed by atoms with Gasteiger partial charge in [0, 0.05) is 4.88 Å². The summed E-state index contributed by atoms with van der Waals surface area (Å²) in [7, 11) is 1.16. The highest BCUT2D eigenvalue weighted by molar-refractivity contribution is 7.13. The van der Waals surface area contributed by atoms with Crippen molar-refractivity contribution in [3.8, 4) is 16.2 Å². The van der Waals surface area contributed by atoms with Crippen LogP contribution in [0.2, 0.25) is 0 Å². The van der Waals surface area contributed by atoms with Gasteiger partial charge in [0.25, 0.3) is 5.76 Å². The second kappa shape index (κ2) is 5.84. The molecule has 1 N–H and O–H groups in total. The molecule has 118 valence electrons. The van der Waals surface area contributed by atoms with Gasteiger partial charge >= 0.3 is 11.9 Å². The van der Waals surface area contributed by atoms with Crippen LogP contribution < -0.4 is 0 Å². The third-order valence-electron chi connectivity index (χ3n) is 2.61. The normalized spacial score (nSPS) is 11.3. The second-order valence-corrected chi connectivity index (χ2v) is 6.40. The van der Waals surface area contributed by atoms with Crippen LogP contribution in [0.1, 0.15) is 41.9 Å². The SMILES string of the molecule is COC(=O)c1oc(C(=O)OC(C)(C)C)c(-c2cccs2)c1O. The number of aromatic hydroxyl groups is 1. The zero-order valence-electron chi connectivity index (χ0n) is 12.6. The van der Waals surface area contributed by atoms with Crippen LogP contribution in [0.3, 0.4) is 0 Å². The lowest BCUT2D eigenvalue weighted by atomic mass is 10.1. The average Bonchev–Trinajstić information content (AvgIpc) is 3.03. The minimum Gasteiger partial charge on any atom is -0.504 e. The molecule has 0 aromatic carbocycles. The van der Waals surface area contributed by atoms with E-state index >= 15 is 0 Å². The molecule has 2 aromatic rings. The Labute approximate surface area is 131 Å². The minimum atomic E-state index is -0.870. The fourth-order valence-electron chi connectivity index (χ4n) is 1.77. The maximum Gasteiger partial charge on any atom is 0.377 e. The van der Waals surface area contributed by atoms with Crippen molar-refractivity contribution in [1.82, 2.24) is 0 Å². The number of rotatable bonds is 3. The topological polar surface area (TPSA) is 86.0 Å². The molecular weight excluding hydrogens is 308 g/mol. The van der Waals surface area contributed by atoms with Crippen LogP contribution in [0.4, 0.5) is 0 Å². The molecule has 22 heavy (non-hydrogen) atoms. The Bertz CT molecular complexity index is 690. The lowest BCUT2D eigenvalue weighted by Crippen LogP contribution is -2.23. The zero-order chi connectivity index (χ0) is 16.5. The van der Waals surface area contributed by atoms with Crippen molar-refractivity contribution in [3.63, 3.8) is 0 Å². The van der Waals surface area contributed by atoms with Crippen LogP contribution in [-0.4, -0.2) is 29.8 Å². The standard InChI is InChI=1S/C15H16O6S/c1-15(2,3)21-14(18)11-9(8-6-5-7-22-8)10(16)12(20-11)13(17)19-4/h5-7,16H,1-4H3. The van der Waals surface area contributed by atoms with E-state index in [-0.39, 0.29) is 11.3 Å². The number of thiophene rings is 1. The number of hydrogen-bond acceptors (Lipinski definition) is 7. The molecular formula is C15H16O6S. The van der Waals surface area contributed by atoms with Gasteiger partial charge in [0.05, 0.1) is 12.7 Å². The van der Waals surface area contributed by atoms with E-state index < -0.39 is 29.0 Å². The van der Waals surface area contributed by atoms with E-state index in [0.717, 1.165) is 7.11 Å². The Morgan fingerprint density at radius 1 is 1.23 bits per heavy atom. The van der Waals surface area contributed by atoms with Crippen LogP contribution in [0, 0.1) is 0 Å². The predicted octanol–water partition coefficient (Wildman–Crippen LogP) is 3.46. The first-order chi connectivity index (χ1) is 10.2. The Hall–Kier alpha value is -2.28. The van der Waals surface area contributed by atoms with Crippen molar-refractivity contribution in [2.24, 2.45) is 0 Å². The summed E-state index contributed by atoms with van der Waals surface area (Å²) >= 11 is 1.29. The number of hydrogen-bond donors (Lipinski definition) is 1. The van der Waals surface area contributed by atoms with Crippen LogP contribution in [0.15, 0.2) is 21.9 Å². The summed E-state index contributed by atoms with van der Waals surface area (Å²) in [5.41, 5.74) is -0.609. The summed E-state index contributed by atoms with van der Waals surface area (Å²) < 4.78 is 15.0. The smallest absolute Gasteiger partial charge is 0.377 e. The molecule has 0 saturated carbocycles. The van der Waals surface area contributed by atoms with Crippen molar-refractivity contribution in [2.75, 3.05) is 7.11 Å². The molecule has 7 heteroatoms. The molecule has 0 atom stereocenters. The summed E-state index contributed by atoms with van der Waals surface area (Å²) in [4.78, 5) is 24.5. The summed E-state index contributed by atoms with van der Waals surface area (Å²) in [5.74, 6) is -2.72. The molecule has 0 spiro atoms. The van der Waals surface area contributed by atoms with Crippen LogP contribution >= 0.6 is 11.3 Å². The third-order valence-corrected chi connectivity index (χ3v) is 3.49. The Balaban J connectivity index is 2.57. The van der Waals surface area contributed by atoms with E-state index in [4.69, 9.17) is 9.15 Å². The van der Waals surface area contributed by atoms with E-state index in [9.17, 15) is 14.7 Å². The molecule has 0 saturated heterocycles. The van der Waals surface area contributed by atoms with Gasteiger partial charge in [-0.3, -0.25) is 0 Å². The van der Waals surface area contributed by atoms with Gasteiger partial charge in [-0.05, 0) is 32.2 Å². The highest BCUT2D eigenvalue weighted by Crippen LogP contribution is 2.41. The monoisotopic (exact) mass is 324 g/mol. The van der Waals surface area contributed by atoms with Crippen molar-refractivity contribution >= 4 is 23.3 Å². The second-order valence-electron chi connectivity index (χ2n) is 5.45. The molecule has 0 aliphatic heterocycles. The van der Waals surface area contributed by atoms with Gasteiger partial charge in [0.15, 0.2) is 5.75 Å². The van der Waals surface area contributed by atoms with Crippen LogP contribution in [0.25, 0.3) is 10.4 Å². The molecule has 0 bridgehead atoms. The Kier molecular flexibility index (Phi) is 4.27. The van der Waals surface area contributed by atoms with Gasteiger partial charge in [0.1, 0.15) is 5.60 Å². The quantitative estimate of drug-likeness (QED) is 0.870. The predicted molar refractivity (Wildman–Crippen MR) is 80.2 cm³/mol. The molecule has 0 amide bonds. The van der Waals surface area contributed by atoms with Crippen molar-refractivity contribution in [3.05, 3.63) is 29.0 Å². The lowest BCUT2D eigenvalue weighted by Gasteiger charge is -2.18. The molecule has 0 radical (unpaired) electrons. The highest BCUT2D eigenvalue weighted by Gasteiger charge is 2.33.